The number of sulfonamides is 1. The van der Waals surface area contributed by atoms with E-state index < -0.39 is 10.0 Å². The van der Waals surface area contributed by atoms with Crippen molar-refractivity contribution in [1.82, 2.24) is 10.2 Å². The third-order valence-corrected chi connectivity index (χ3v) is 6.59. The maximum atomic E-state index is 12.7. The summed E-state index contributed by atoms with van der Waals surface area (Å²) < 4.78 is 27.8. The maximum Gasteiger partial charge on any atom is 0.261 e. The molecular formula is C20H24ClN3O3S. The molecule has 1 unspecified atom stereocenters. The van der Waals surface area contributed by atoms with Gasteiger partial charge in [-0.3, -0.25) is 14.4 Å². The molecule has 0 bridgehead atoms. The van der Waals surface area contributed by atoms with Gasteiger partial charge in [0.15, 0.2) is 0 Å². The lowest BCUT2D eigenvalue weighted by Crippen LogP contribution is -2.41. The van der Waals surface area contributed by atoms with Crippen molar-refractivity contribution in [3.63, 3.8) is 0 Å². The van der Waals surface area contributed by atoms with Crippen LogP contribution < -0.4 is 10.0 Å². The average molecular weight is 422 g/mol. The van der Waals surface area contributed by atoms with E-state index >= 15 is 0 Å². The largest absolute Gasteiger partial charge is 0.350 e. The van der Waals surface area contributed by atoms with Gasteiger partial charge < -0.3 is 5.32 Å². The Morgan fingerprint density at radius 2 is 1.93 bits per heavy atom. The van der Waals surface area contributed by atoms with E-state index in [1.165, 1.54) is 25.0 Å². The molecule has 0 heterocycles. The number of nitrogens with zero attached hydrogens (tertiary/aromatic N) is 1. The zero-order valence-electron chi connectivity index (χ0n) is 15.9. The molecule has 6 nitrogen and oxygen atoms in total. The molecule has 1 aliphatic carbocycles. The van der Waals surface area contributed by atoms with E-state index in [1.807, 2.05) is 0 Å². The van der Waals surface area contributed by atoms with Gasteiger partial charge in [0.25, 0.3) is 15.9 Å². The Morgan fingerprint density at radius 1 is 1.21 bits per heavy atom. The number of hydrogen-bond acceptors (Lipinski definition) is 4. The van der Waals surface area contributed by atoms with Crippen molar-refractivity contribution < 1.29 is 13.2 Å². The summed E-state index contributed by atoms with van der Waals surface area (Å²) in [6.07, 6.45) is 2.40. The van der Waals surface area contributed by atoms with Crippen LogP contribution in [0.4, 0.5) is 5.69 Å². The van der Waals surface area contributed by atoms with Crippen LogP contribution >= 0.6 is 11.6 Å². The minimum absolute atomic E-state index is 0.00298. The number of benzene rings is 2. The molecule has 1 saturated carbocycles. The van der Waals surface area contributed by atoms with Crippen molar-refractivity contribution in [3.8, 4) is 0 Å². The predicted octanol–water partition coefficient (Wildman–Crippen LogP) is 3.35. The molecule has 1 atom stereocenters. The molecule has 0 spiro atoms. The number of para-hydroxylation sites is 1. The third kappa shape index (κ3) is 5.04. The fourth-order valence-electron chi connectivity index (χ4n) is 2.88. The second-order valence-corrected chi connectivity index (χ2v) is 9.16. The lowest BCUT2D eigenvalue weighted by atomic mass is 10.2. The molecule has 0 aliphatic heterocycles. The van der Waals surface area contributed by atoms with Crippen molar-refractivity contribution in [3.05, 3.63) is 59.1 Å². The first-order chi connectivity index (χ1) is 13.3. The first-order valence-corrected chi connectivity index (χ1v) is 11.0. The van der Waals surface area contributed by atoms with Gasteiger partial charge in [-0.25, -0.2) is 8.42 Å². The lowest BCUT2D eigenvalue weighted by Gasteiger charge is -2.24. The zero-order valence-corrected chi connectivity index (χ0v) is 17.4. The van der Waals surface area contributed by atoms with Crippen LogP contribution in [0.15, 0.2) is 53.4 Å². The molecule has 8 heteroatoms. The molecule has 2 aromatic rings. The van der Waals surface area contributed by atoms with E-state index in [2.05, 4.69) is 28.9 Å². The molecule has 2 N–H and O–H groups in total. The van der Waals surface area contributed by atoms with Crippen molar-refractivity contribution in [2.24, 2.45) is 0 Å². The number of halogens is 1. The Bertz CT molecular complexity index is 961. The normalized spacial score (nSPS) is 15.3. The van der Waals surface area contributed by atoms with Crippen LogP contribution in [0.25, 0.3) is 0 Å². The summed E-state index contributed by atoms with van der Waals surface area (Å²) >= 11 is 6.03. The zero-order chi connectivity index (χ0) is 20.3. The Balaban J connectivity index is 1.68. The molecule has 2 aromatic carbocycles. The molecular weight excluding hydrogens is 398 g/mol. The Labute approximate surface area is 170 Å². The Morgan fingerprint density at radius 3 is 2.61 bits per heavy atom. The quantitative estimate of drug-likeness (QED) is 0.685. The number of carbonyl (C=O) groups excluding carboxylic acids is 1. The van der Waals surface area contributed by atoms with E-state index in [1.54, 1.807) is 36.4 Å². The third-order valence-electron chi connectivity index (χ3n) is 4.90. The number of rotatable bonds is 8. The highest BCUT2D eigenvalue weighted by Crippen LogP contribution is 2.27. The summed E-state index contributed by atoms with van der Waals surface area (Å²) in [7, 11) is -1.80. The first-order valence-electron chi connectivity index (χ1n) is 9.15. The van der Waals surface area contributed by atoms with Crippen molar-refractivity contribution in [1.29, 1.82) is 0 Å². The summed E-state index contributed by atoms with van der Waals surface area (Å²) in [6, 6.07) is 13.4. The number of amides is 1. The maximum absolute atomic E-state index is 12.7. The highest BCUT2D eigenvalue weighted by atomic mass is 35.5. The Hall–Kier alpha value is -2.09. The van der Waals surface area contributed by atoms with Crippen LogP contribution in [0, 0.1) is 0 Å². The molecule has 1 amide bonds. The van der Waals surface area contributed by atoms with Gasteiger partial charge in [-0.05, 0) is 57.1 Å². The van der Waals surface area contributed by atoms with Gasteiger partial charge in [-0.2, -0.15) is 0 Å². The topological polar surface area (TPSA) is 78.5 Å². The number of anilines is 1. The molecule has 0 aromatic heterocycles. The molecule has 1 aliphatic rings. The number of carbonyl (C=O) groups is 1. The summed E-state index contributed by atoms with van der Waals surface area (Å²) in [5.41, 5.74) is 0.583. The van der Waals surface area contributed by atoms with E-state index in [9.17, 15) is 13.2 Å². The van der Waals surface area contributed by atoms with Gasteiger partial charge in [-0.1, -0.05) is 29.8 Å². The van der Waals surface area contributed by atoms with Gasteiger partial charge >= 0.3 is 0 Å². The summed E-state index contributed by atoms with van der Waals surface area (Å²) in [4.78, 5) is 14.7. The van der Waals surface area contributed by atoms with E-state index in [0.717, 1.165) is 0 Å². The predicted molar refractivity (Wildman–Crippen MR) is 111 cm³/mol. The summed E-state index contributed by atoms with van der Waals surface area (Å²) in [5.74, 6) is -0.300. The van der Waals surface area contributed by atoms with E-state index in [-0.39, 0.29) is 22.5 Å². The van der Waals surface area contributed by atoms with Crippen LogP contribution in [0.1, 0.15) is 30.1 Å². The van der Waals surface area contributed by atoms with Crippen LogP contribution in [-0.2, 0) is 10.0 Å². The smallest absolute Gasteiger partial charge is 0.261 e. The van der Waals surface area contributed by atoms with E-state index in [0.29, 0.717) is 23.2 Å². The van der Waals surface area contributed by atoms with Crippen molar-refractivity contribution in [2.75, 3.05) is 18.3 Å². The monoisotopic (exact) mass is 421 g/mol. The fourth-order valence-corrected chi connectivity index (χ4v) is 4.24. The average Bonchev–Trinajstić information content (AvgIpc) is 3.52. The van der Waals surface area contributed by atoms with Crippen molar-refractivity contribution >= 4 is 33.2 Å². The molecule has 150 valence electrons. The first kappa shape index (κ1) is 20.6. The number of hydrogen-bond donors (Lipinski definition) is 2. The van der Waals surface area contributed by atoms with Crippen molar-refractivity contribution in [2.45, 2.75) is 36.7 Å². The molecule has 3 rings (SSSR count). The summed E-state index contributed by atoms with van der Waals surface area (Å²) in [6.45, 7) is 2.56. The lowest BCUT2D eigenvalue weighted by molar-refractivity contribution is 0.0939. The fraction of sp³-hybridized carbons (Fsp3) is 0.350. The Kier molecular flexibility index (Phi) is 6.27. The molecule has 28 heavy (non-hydrogen) atoms. The number of nitrogens with one attached hydrogen (secondary N) is 2. The molecule has 1 fully saturated rings. The van der Waals surface area contributed by atoms with Gasteiger partial charge in [0.1, 0.15) is 0 Å². The standard InChI is InChI=1S/C20H24ClN3O3S/c1-14(24(2)16-10-11-16)13-22-20(25)15-6-5-7-17(12-15)28(26,27)23-19-9-4-3-8-18(19)21/h3-9,12,14,16,23H,10-11,13H2,1-2H3,(H,22,25). The SMILES string of the molecule is CC(CNC(=O)c1cccc(S(=O)(=O)Nc2ccccc2Cl)c1)N(C)C1CC1. The molecule has 0 radical (unpaired) electrons. The summed E-state index contributed by atoms with van der Waals surface area (Å²) in [5, 5.41) is 3.18. The highest BCUT2D eigenvalue weighted by molar-refractivity contribution is 7.92. The van der Waals surface area contributed by atoms with Crippen LogP contribution in [0.2, 0.25) is 5.02 Å². The van der Waals surface area contributed by atoms with Crippen LogP contribution in [-0.4, -0.2) is 44.9 Å². The van der Waals surface area contributed by atoms with Gasteiger partial charge in [0.2, 0.25) is 0 Å². The van der Waals surface area contributed by atoms with Gasteiger partial charge in [0, 0.05) is 24.2 Å². The molecule has 0 saturated heterocycles. The van der Waals surface area contributed by atoms with Crippen LogP contribution in [0.5, 0.6) is 0 Å². The highest BCUT2D eigenvalue weighted by Gasteiger charge is 2.29. The number of likely N-dealkylation sites (N-methyl/N-ethyl adjacent to an activating group) is 1. The second kappa shape index (κ2) is 8.51. The van der Waals surface area contributed by atoms with Gasteiger partial charge in [-0.15, -0.1) is 0 Å². The minimum Gasteiger partial charge on any atom is -0.350 e. The van der Waals surface area contributed by atoms with E-state index in [4.69, 9.17) is 11.6 Å². The second-order valence-electron chi connectivity index (χ2n) is 7.07. The van der Waals surface area contributed by atoms with Crippen LogP contribution in [0.3, 0.4) is 0 Å². The minimum atomic E-state index is -3.86. The van der Waals surface area contributed by atoms with Gasteiger partial charge in [0.05, 0.1) is 15.6 Å².